The number of carbonyl (C=O) groups is 1. The van der Waals surface area contributed by atoms with Gasteiger partial charge < -0.3 is 15.1 Å². The summed E-state index contributed by atoms with van der Waals surface area (Å²) < 4.78 is 1.01. The highest BCUT2D eigenvalue weighted by Gasteiger charge is 2.17. The maximum absolute atomic E-state index is 10.7. The normalized spacial score (nSPS) is 14.8. The third-order valence-corrected chi connectivity index (χ3v) is 3.96. The molecule has 22 heavy (non-hydrogen) atoms. The lowest BCUT2D eigenvalue weighted by atomic mass is 10.3. The Morgan fingerprint density at radius 3 is 2.55 bits per heavy atom. The molecule has 0 spiro atoms. The summed E-state index contributed by atoms with van der Waals surface area (Å²) in [6, 6.07) is 7.75. The predicted octanol–water partition coefficient (Wildman–Crippen LogP) is 1.66. The summed E-state index contributed by atoms with van der Waals surface area (Å²) in [6.07, 6.45) is 2.53. The third-order valence-electron chi connectivity index (χ3n) is 3.43. The van der Waals surface area contributed by atoms with E-state index in [-0.39, 0.29) is 0 Å². The Balaban J connectivity index is 1.70. The molecule has 0 radical (unpaired) electrons. The Labute approximate surface area is 136 Å². The van der Waals surface area contributed by atoms with Crippen LogP contribution in [0.3, 0.4) is 0 Å². The fourth-order valence-electron chi connectivity index (χ4n) is 2.22. The zero-order valence-electron chi connectivity index (χ0n) is 11.8. The number of hydrogen-bond acceptors (Lipinski definition) is 6. The minimum absolute atomic E-state index is 0.456. The smallest absolute Gasteiger partial charge is 0.249 e. The molecule has 1 N–H and O–H groups in total. The monoisotopic (exact) mass is 362 g/mol. The van der Waals surface area contributed by atoms with Crippen LogP contribution in [0.4, 0.5) is 17.5 Å². The van der Waals surface area contributed by atoms with Gasteiger partial charge in [-0.15, -0.1) is 5.10 Å². The number of hydrogen-bond donors (Lipinski definition) is 1. The summed E-state index contributed by atoms with van der Waals surface area (Å²) in [7, 11) is 0. The lowest BCUT2D eigenvalue weighted by Crippen LogP contribution is -2.46. The van der Waals surface area contributed by atoms with Gasteiger partial charge in [-0.2, -0.15) is 10.1 Å². The first-order valence-electron chi connectivity index (χ1n) is 6.91. The van der Waals surface area contributed by atoms with Gasteiger partial charge in [0.15, 0.2) is 5.82 Å². The molecule has 1 saturated heterocycles. The van der Waals surface area contributed by atoms with Gasteiger partial charge in [0.25, 0.3) is 0 Å². The second-order valence-corrected chi connectivity index (χ2v) is 5.81. The topological polar surface area (TPSA) is 74.2 Å². The quantitative estimate of drug-likeness (QED) is 0.833. The highest BCUT2D eigenvalue weighted by Crippen LogP contribution is 2.18. The molecule has 2 heterocycles. The van der Waals surface area contributed by atoms with Crippen LogP contribution in [0.25, 0.3) is 0 Å². The number of amides is 1. The Morgan fingerprint density at radius 2 is 1.86 bits per heavy atom. The molecule has 1 aromatic carbocycles. The van der Waals surface area contributed by atoms with E-state index in [1.807, 2.05) is 24.3 Å². The van der Waals surface area contributed by atoms with Crippen molar-refractivity contribution in [2.24, 2.45) is 0 Å². The van der Waals surface area contributed by atoms with Gasteiger partial charge in [-0.25, -0.2) is 0 Å². The Hall–Kier alpha value is -2.22. The van der Waals surface area contributed by atoms with Crippen LogP contribution in [0.5, 0.6) is 0 Å². The van der Waals surface area contributed by atoms with E-state index in [2.05, 4.69) is 41.3 Å². The van der Waals surface area contributed by atoms with Crippen LogP contribution in [-0.4, -0.2) is 52.7 Å². The van der Waals surface area contributed by atoms with Crippen molar-refractivity contribution >= 4 is 39.8 Å². The Kier molecular flexibility index (Phi) is 4.47. The van der Waals surface area contributed by atoms with Crippen LogP contribution < -0.4 is 10.2 Å². The van der Waals surface area contributed by atoms with E-state index in [9.17, 15) is 4.79 Å². The van der Waals surface area contributed by atoms with Crippen molar-refractivity contribution in [3.63, 3.8) is 0 Å². The van der Waals surface area contributed by atoms with Crippen molar-refractivity contribution in [1.29, 1.82) is 0 Å². The lowest BCUT2D eigenvalue weighted by Gasteiger charge is -2.33. The summed E-state index contributed by atoms with van der Waals surface area (Å²) >= 11 is 3.40. The Bertz CT molecular complexity index is 642. The standard InChI is InChI=1S/C14H15BrN6O/c15-11-1-3-12(4-2-11)17-14-18-13(9-16-19-14)21-7-5-20(10-22)6-8-21/h1-4,9-10H,5-8H2,(H,17,18,19). The molecule has 1 aliphatic heterocycles. The van der Waals surface area contributed by atoms with Gasteiger partial charge in [0.1, 0.15) is 0 Å². The molecular formula is C14H15BrN6O. The first-order chi connectivity index (χ1) is 10.7. The second-order valence-electron chi connectivity index (χ2n) is 4.90. The molecular weight excluding hydrogens is 348 g/mol. The maximum atomic E-state index is 10.7. The van der Waals surface area contributed by atoms with Crippen molar-refractivity contribution in [2.45, 2.75) is 0 Å². The number of carbonyl (C=O) groups excluding carboxylic acids is 1. The number of halogens is 1. The van der Waals surface area contributed by atoms with Crippen LogP contribution in [0.15, 0.2) is 34.9 Å². The first kappa shape index (κ1) is 14.7. The molecule has 0 saturated carbocycles. The Morgan fingerprint density at radius 1 is 1.14 bits per heavy atom. The van der Waals surface area contributed by atoms with Crippen LogP contribution in [0.1, 0.15) is 0 Å². The molecule has 114 valence electrons. The number of anilines is 3. The van der Waals surface area contributed by atoms with Crippen molar-refractivity contribution in [3.05, 3.63) is 34.9 Å². The summed E-state index contributed by atoms with van der Waals surface area (Å²) in [4.78, 5) is 19.1. The van der Waals surface area contributed by atoms with E-state index in [0.717, 1.165) is 35.5 Å². The van der Waals surface area contributed by atoms with E-state index in [1.165, 1.54) is 0 Å². The average Bonchev–Trinajstić information content (AvgIpc) is 2.57. The number of nitrogens with one attached hydrogen (secondary N) is 1. The molecule has 0 aliphatic carbocycles. The van der Waals surface area contributed by atoms with Gasteiger partial charge in [-0.1, -0.05) is 15.9 Å². The van der Waals surface area contributed by atoms with Crippen molar-refractivity contribution in [1.82, 2.24) is 20.1 Å². The van der Waals surface area contributed by atoms with E-state index < -0.39 is 0 Å². The minimum atomic E-state index is 0.456. The van der Waals surface area contributed by atoms with E-state index >= 15 is 0 Å². The minimum Gasteiger partial charge on any atom is -0.352 e. The van der Waals surface area contributed by atoms with Gasteiger partial charge in [-0.05, 0) is 24.3 Å². The van der Waals surface area contributed by atoms with E-state index in [4.69, 9.17) is 0 Å². The predicted molar refractivity (Wildman–Crippen MR) is 87.1 cm³/mol. The molecule has 0 atom stereocenters. The molecule has 2 aromatic rings. The molecule has 3 rings (SSSR count). The summed E-state index contributed by atoms with van der Waals surface area (Å²) in [6.45, 7) is 2.89. The largest absolute Gasteiger partial charge is 0.352 e. The van der Waals surface area contributed by atoms with Gasteiger partial charge in [0.05, 0.1) is 6.20 Å². The number of rotatable bonds is 4. The van der Waals surface area contributed by atoms with E-state index in [0.29, 0.717) is 19.0 Å². The van der Waals surface area contributed by atoms with Crippen molar-refractivity contribution in [2.75, 3.05) is 36.4 Å². The van der Waals surface area contributed by atoms with Gasteiger partial charge in [0, 0.05) is 36.3 Å². The maximum Gasteiger partial charge on any atom is 0.249 e. The van der Waals surface area contributed by atoms with Crippen molar-refractivity contribution in [3.8, 4) is 0 Å². The number of benzene rings is 1. The van der Waals surface area contributed by atoms with Crippen LogP contribution in [0.2, 0.25) is 0 Å². The zero-order valence-corrected chi connectivity index (χ0v) is 13.4. The number of nitrogens with zero attached hydrogens (tertiary/aromatic N) is 5. The van der Waals surface area contributed by atoms with E-state index in [1.54, 1.807) is 11.1 Å². The SMILES string of the molecule is O=CN1CCN(c2cnnc(Nc3ccc(Br)cc3)n2)CC1. The third kappa shape index (κ3) is 3.51. The van der Waals surface area contributed by atoms with Gasteiger partial charge in [-0.3, -0.25) is 4.79 Å². The fraction of sp³-hybridized carbons (Fsp3) is 0.286. The summed E-state index contributed by atoms with van der Waals surface area (Å²) in [5, 5.41) is 11.1. The molecule has 0 bridgehead atoms. The highest BCUT2D eigenvalue weighted by atomic mass is 79.9. The molecule has 1 aromatic heterocycles. The van der Waals surface area contributed by atoms with Crippen molar-refractivity contribution < 1.29 is 4.79 Å². The summed E-state index contributed by atoms with van der Waals surface area (Å²) in [5.74, 6) is 1.22. The van der Waals surface area contributed by atoms with Gasteiger partial charge >= 0.3 is 0 Å². The molecule has 1 amide bonds. The van der Waals surface area contributed by atoms with Gasteiger partial charge in [0.2, 0.25) is 12.4 Å². The van der Waals surface area contributed by atoms with Crippen LogP contribution in [0, 0.1) is 0 Å². The van der Waals surface area contributed by atoms with Crippen LogP contribution in [-0.2, 0) is 4.79 Å². The second kappa shape index (κ2) is 6.69. The zero-order chi connectivity index (χ0) is 15.4. The molecule has 1 fully saturated rings. The number of piperazine rings is 1. The van der Waals surface area contributed by atoms with Crippen LogP contribution >= 0.6 is 15.9 Å². The average molecular weight is 363 g/mol. The summed E-state index contributed by atoms with van der Waals surface area (Å²) in [5.41, 5.74) is 0.896. The fourth-order valence-corrected chi connectivity index (χ4v) is 2.48. The molecule has 1 aliphatic rings. The molecule has 0 unspecified atom stereocenters. The highest BCUT2D eigenvalue weighted by molar-refractivity contribution is 9.10. The molecule has 8 heteroatoms. The molecule has 7 nitrogen and oxygen atoms in total. The number of aromatic nitrogens is 3. The first-order valence-corrected chi connectivity index (χ1v) is 7.70. The lowest BCUT2D eigenvalue weighted by molar-refractivity contribution is -0.118.